The zero-order valence-corrected chi connectivity index (χ0v) is 9.97. The van der Waals surface area contributed by atoms with Crippen molar-refractivity contribution in [3.8, 4) is 11.5 Å². The van der Waals surface area contributed by atoms with Gasteiger partial charge in [0.1, 0.15) is 23.9 Å². The Morgan fingerprint density at radius 1 is 1.17 bits per heavy atom. The van der Waals surface area contributed by atoms with E-state index in [9.17, 15) is 4.79 Å². The molecule has 1 heterocycles. The number of benzene rings is 1. The number of pyridine rings is 1. The molecule has 0 unspecified atom stereocenters. The molecule has 0 aliphatic carbocycles. The molecule has 0 saturated carbocycles. The fraction of sp³-hybridized carbons (Fsp3) is 0.154. The maximum atomic E-state index is 11.2. The van der Waals surface area contributed by atoms with Crippen LogP contribution in [-0.2, 0) is 6.61 Å². The predicted octanol–water partition coefficient (Wildman–Crippen LogP) is 1.54. The second-order valence-corrected chi connectivity index (χ2v) is 3.77. The normalized spacial score (nSPS) is 10.1. The van der Waals surface area contributed by atoms with Crippen LogP contribution in [0.15, 0.2) is 41.2 Å². The van der Waals surface area contributed by atoms with E-state index in [0.29, 0.717) is 18.2 Å². The van der Waals surface area contributed by atoms with Crippen molar-refractivity contribution in [1.82, 2.24) is 4.98 Å². The lowest BCUT2D eigenvalue weighted by molar-refractivity contribution is 0.305. The summed E-state index contributed by atoms with van der Waals surface area (Å²) in [6.45, 7) is 0.292. The first kappa shape index (κ1) is 12.0. The van der Waals surface area contributed by atoms with E-state index in [1.165, 1.54) is 6.07 Å². The molecule has 0 radical (unpaired) electrons. The molecule has 5 nitrogen and oxygen atoms in total. The second-order valence-electron chi connectivity index (χ2n) is 3.77. The highest BCUT2D eigenvalue weighted by atomic mass is 16.5. The number of hydrogen-bond acceptors (Lipinski definition) is 4. The van der Waals surface area contributed by atoms with Crippen molar-refractivity contribution >= 4 is 5.82 Å². The van der Waals surface area contributed by atoms with E-state index < -0.39 is 0 Å². The number of ether oxygens (including phenoxy) is 2. The molecule has 2 rings (SSSR count). The first-order chi connectivity index (χ1) is 8.67. The Kier molecular flexibility index (Phi) is 3.52. The van der Waals surface area contributed by atoms with Crippen LogP contribution < -0.4 is 20.8 Å². The van der Waals surface area contributed by atoms with Crippen LogP contribution in [-0.4, -0.2) is 12.1 Å². The smallest absolute Gasteiger partial charge is 0.249 e. The maximum Gasteiger partial charge on any atom is 0.249 e. The first-order valence-corrected chi connectivity index (χ1v) is 5.43. The summed E-state index contributed by atoms with van der Waals surface area (Å²) in [5, 5.41) is 0. The number of aromatic nitrogens is 1. The first-order valence-electron chi connectivity index (χ1n) is 5.43. The van der Waals surface area contributed by atoms with E-state index in [0.717, 1.165) is 11.3 Å². The third-order valence-corrected chi connectivity index (χ3v) is 2.39. The third kappa shape index (κ3) is 3.04. The van der Waals surface area contributed by atoms with Crippen molar-refractivity contribution in [2.75, 3.05) is 12.8 Å². The predicted molar refractivity (Wildman–Crippen MR) is 68.8 cm³/mol. The van der Waals surface area contributed by atoms with E-state index in [4.69, 9.17) is 15.2 Å². The molecular weight excluding hydrogens is 232 g/mol. The summed E-state index contributed by atoms with van der Waals surface area (Å²) in [5.74, 6) is 1.80. The van der Waals surface area contributed by atoms with E-state index >= 15 is 0 Å². The summed E-state index contributed by atoms with van der Waals surface area (Å²) in [4.78, 5) is 13.7. The minimum atomic E-state index is -0.233. The molecule has 1 aromatic carbocycles. The van der Waals surface area contributed by atoms with Crippen LogP contribution in [0, 0.1) is 0 Å². The highest BCUT2D eigenvalue weighted by Crippen LogP contribution is 2.18. The number of nitrogen functional groups attached to an aromatic ring is 1. The number of anilines is 1. The van der Waals surface area contributed by atoms with Gasteiger partial charge >= 0.3 is 0 Å². The number of nitrogens with one attached hydrogen (secondary N) is 1. The number of aromatic amines is 1. The van der Waals surface area contributed by atoms with Gasteiger partial charge in [-0.15, -0.1) is 0 Å². The van der Waals surface area contributed by atoms with Crippen LogP contribution in [0.5, 0.6) is 11.5 Å². The molecule has 94 valence electrons. The second kappa shape index (κ2) is 5.27. The van der Waals surface area contributed by atoms with Crippen LogP contribution >= 0.6 is 0 Å². The van der Waals surface area contributed by atoms with Gasteiger partial charge in [-0.1, -0.05) is 0 Å². The van der Waals surface area contributed by atoms with Gasteiger partial charge < -0.3 is 20.2 Å². The molecule has 1 aromatic heterocycles. The van der Waals surface area contributed by atoms with Crippen LogP contribution in [0.25, 0.3) is 0 Å². The van der Waals surface area contributed by atoms with E-state index in [2.05, 4.69) is 4.98 Å². The lowest BCUT2D eigenvalue weighted by atomic mass is 10.2. The molecule has 0 atom stereocenters. The van der Waals surface area contributed by atoms with Gasteiger partial charge in [0.25, 0.3) is 0 Å². The van der Waals surface area contributed by atoms with E-state index in [-0.39, 0.29) is 5.56 Å². The Morgan fingerprint density at radius 2 is 1.83 bits per heavy atom. The van der Waals surface area contributed by atoms with Gasteiger partial charge in [-0.2, -0.15) is 0 Å². The minimum absolute atomic E-state index is 0.233. The lowest BCUT2D eigenvalue weighted by Gasteiger charge is -2.07. The zero-order chi connectivity index (χ0) is 13.0. The molecule has 0 spiro atoms. The quantitative estimate of drug-likeness (QED) is 0.858. The highest BCUT2D eigenvalue weighted by molar-refractivity contribution is 5.33. The minimum Gasteiger partial charge on any atom is -0.497 e. The molecule has 0 aliphatic rings. The van der Waals surface area contributed by atoms with Gasteiger partial charge in [0.15, 0.2) is 0 Å². The molecule has 0 fully saturated rings. The van der Waals surface area contributed by atoms with Crippen LogP contribution in [0.4, 0.5) is 5.82 Å². The number of rotatable bonds is 4. The number of methoxy groups -OCH3 is 1. The Balaban J connectivity index is 2.04. The molecule has 3 N–H and O–H groups in total. The van der Waals surface area contributed by atoms with E-state index in [1.807, 2.05) is 12.1 Å². The summed E-state index contributed by atoms with van der Waals surface area (Å²) in [6.07, 6.45) is 0. The Hall–Kier alpha value is -2.43. The van der Waals surface area contributed by atoms with Gasteiger partial charge in [0.05, 0.1) is 7.11 Å². The standard InChI is InChI=1S/C13H14N2O3/c1-17-10-2-4-11(5-3-10)18-8-9-6-12(14)15-13(16)7-9/h2-7H,8H2,1H3,(H3,14,15,16). The van der Waals surface area contributed by atoms with Crippen LogP contribution in [0.1, 0.15) is 5.56 Å². The summed E-state index contributed by atoms with van der Waals surface area (Å²) in [5.41, 5.74) is 6.03. The monoisotopic (exact) mass is 246 g/mol. The van der Waals surface area contributed by atoms with Crippen LogP contribution in [0.3, 0.4) is 0 Å². The lowest BCUT2D eigenvalue weighted by Crippen LogP contribution is -2.10. The molecule has 18 heavy (non-hydrogen) atoms. The number of nitrogens with two attached hydrogens (primary N) is 1. The number of H-pyrrole nitrogens is 1. The average Bonchev–Trinajstić information content (AvgIpc) is 2.36. The highest BCUT2D eigenvalue weighted by Gasteiger charge is 1.99. The Morgan fingerprint density at radius 3 is 2.44 bits per heavy atom. The van der Waals surface area contributed by atoms with Crippen molar-refractivity contribution in [2.45, 2.75) is 6.61 Å². The fourth-order valence-corrected chi connectivity index (χ4v) is 1.55. The van der Waals surface area contributed by atoms with Crippen molar-refractivity contribution in [2.24, 2.45) is 0 Å². The third-order valence-electron chi connectivity index (χ3n) is 2.39. The Labute approximate surface area is 104 Å². The molecule has 5 heteroatoms. The molecule has 0 saturated heterocycles. The molecule has 0 bridgehead atoms. The average molecular weight is 246 g/mol. The number of hydrogen-bond donors (Lipinski definition) is 2. The largest absolute Gasteiger partial charge is 0.497 e. The van der Waals surface area contributed by atoms with Gasteiger partial charge in [-0.25, -0.2) is 0 Å². The molecule has 2 aromatic rings. The fourth-order valence-electron chi connectivity index (χ4n) is 1.55. The van der Waals surface area contributed by atoms with Crippen molar-refractivity contribution < 1.29 is 9.47 Å². The van der Waals surface area contributed by atoms with Gasteiger partial charge in [-0.05, 0) is 35.9 Å². The molecule has 0 amide bonds. The van der Waals surface area contributed by atoms with E-state index in [1.54, 1.807) is 25.3 Å². The van der Waals surface area contributed by atoms with Gasteiger partial charge in [0.2, 0.25) is 5.56 Å². The SMILES string of the molecule is COc1ccc(OCc2cc(N)[nH]c(=O)c2)cc1. The van der Waals surface area contributed by atoms with Crippen molar-refractivity contribution in [3.63, 3.8) is 0 Å². The topological polar surface area (TPSA) is 77.3 Å². The molecular formula is C13H14N2O3. The van der Waals surface area contributed by atoms with Gasteiger partial charge in [-0.3, -0.25) is 4.79 Å². The van der Waals surface area contributed by atoms with Crippen molar-refractivity contribution in [1.29, 1.82) is 0 Å². The Bertz CT molecular complexity index is 576. The van der Waals surface area contributed by atoms with Crippen molar-refractivity contribution in [3.05, 3.63) is 52.3 Å². The molecule has 0 aliphatic heterocycles. The zero-order valence-electron chi connectivity index (χ0n) is 9.97. The van der Waals surface area contributed by atoms with Gasteiger partial charge in [0, 0.05) is 6.07 Å². The summed E-state index contributed by atoms with van der Waals surface area (Å²) >= 11 is 0. The van der Waals surface area contributed by atoms with Crippen LogP contribution in [0.2, 0.25) is 0 Å². The summed E-state index contributed by atoms with van der Waals surface area (Å²) < 4.78 is 10.6. The maximum absolute atomic E-state index is 11.2. The summed E-state index contributed by atoms with van der Waals surface area (Å²) in [6, 6.07) is 10.3. The summed E-state index contributed by atoms with van der Waals surface area (Å²) in [7, 11) is 1.61.